The van der Waals surface area contributed by atoms with E-state index in [1.165, 1.54) is 6.07 Å². The maximum atomic E-state index is 13.0. The summed E-state index contributed by atoms with van der Waals surface area (Å²) in [4.78, 5) is 0. The largest absolute Gasteiger partial charge is 0.381 e. The normalized spacial score (nSPS) is 10.0. The number of nitriles is 1. The van der Waals surface area contributed by atoms with Crippen molar-refractivity contribution in [2.45, 2.75) is 13.5 Å². The van der Waals surface area contributed by atoms with Gasteiger partial charge in [-0.15, -0.1) is 0 Å². The maximum absolute atomic E-state index is 13.0. The molecule has 0 amide bonds. The van der Waals surface area contributed by atoms with Crippen molar-refractivity contribution >= 4 is 17.3 Å². The topological polar surface area (TPSA) is 35.8 Å². The van der Waals surface area contributed by atoms with Crippen LogP contribution in [0.15, 0.2) is 36.4 Å². The Labute approximate surface area is 116 Å². The third-order valence-electron chi connectivity index (χ3n) is 2.87. The van der Waals surface area contributed by atoms with Crippen LogP contribution >= 0.6 is 11.6 Å². The highest BCUT2D eigenvalue weighted by atomic mass is 35.5. The van der Waals surface area contributed by atoms with Gasteiger partial charge in [-0.1, -0.05) is 17.7 Å². The molecule has 2 aromatic carbocycles. The van der Waals surface area contributed by atoms with Gasteiger partial charge in [0.15, 0.2) is 0 Å². The van der Waals surface area contributed by atoms with E-state index in [0.717, 1.165) is 16.8 Å². The molecule has 0 fully saturated rings. The molecule has 0 unspecified atom stereocenters. The molecule has 0 aliphatic rings. The molecule has 96 valence electrons. The Bertz CT molecular complexity index is 647. The molecule has 0 radical (unpaired) electrons. The molecule has 0 saturated carbocycles. The van der Waals surface area contributed by atoms with Gasteiger partial charge in [0.1, 0.15) is 5.82 Å². The van der Waals surface area contributed by atoms with Crippen molar-refractivity contribution in [1.82, 2.24) is 0 Å². The fourth-order valence-electron chi connectivity index (χ4n) is 1.77. The number of hydrogen-bond acceptors (Lipinski definition) is 2. The lowest BCUT2D eigenvalue weighted by Gasteiger charge is -2.10. The molecule has 2 aromatic rings. The summed E-state index contributed by atoms with van der Waals surface area (Å²) in [6, 6.07) is 12.2. The lowest BCUT2D eigenvalue weighted by molar-refractivity contribution is 0.628. The highest BCUT2D eigenvalue weighted by Crippen LogP contribution is 2.20. The number of rotatable bonds is 3. The predicted octanol–water partition coefficient (Wildman–Crippen LogP) is 4.27. The van der Waals surface area contributed by atoms with Gasteiger partial charge in [0, 0.05) is 12.2 Å². The van der Waals surface area contributed by atoms with Crippen molar-refractivity contribution in [3.8, 4) is 6.07 Å². The third kappa shape index (κ3) is 3.24. The number of aryl methyl sites for hydroxylation is 1. The van der Waals surface area contributed by atoms with Gasteiger partial charge in [0.25, 0.3) is 0 Å². The Kier molecular flexibility index (Phi) is 4.03. The summed E-state index contributed by atoms with van der Waals surface area (Å²) in [5.74, 6) is -0.429. The molecule has 0 aliphatic heterocycles. The molecule has 0 aliphatic carbocycles. The Morgan fingerprint density at radius 1 is 1.26 bits per heavy atom. The summed E-state index contributed by atoms with van der Waals surface area (Å²) in [7, 11) is 0. The summed E-state index contributed by atoms with van der Waals surface area (Å²) in [5.41, 5.74) is 3.53. The molecule has 0 atom stereocenters. The number of benzene rings is 2. The van der Waals surface area contributed by atoms with E-state index in [1.807, 2.05) is 19.1 Å². The minimum Gasteiger partial charge on any atom is -0.381 e. The zero-order valence-corrected chi connectivity index (χ0v) is 11.1. The molecule has 2 rings (SSSR count). The first-order valence-electron chi connectivity index (χ1n) is 5.78. The van der Waals surface area contributed by atoms with E-state index < -0.39 is 5.82 Å². The van der Waals surface area contributed by atoms with Gasteiger partial charge in [-0.3, -0.25) is 0 Å². The predicted molar refractivity (Wildman–Crippen MR) is 74.6 cm³/mol. The van der Waals surface area contributed by atoms with Gasteiger partial charge in [0.2, 0.25) is 0 Å². The second-order valence-electron chi connectivity index (χ2n) is 4.24. The Morgan fingerprint density at radius 2 is 2.05 bits per heavy atom. The monoisotopic (exact) mass is 274 g/mol. The van der Waals surface area contributed by atoms with E-state index in [4.69, 9.17) is 16.9 Å². The minimum absolute atomic E-state index is 0.0987. The van der Waals surface area contributed by atoms with Crippen LogP contribution in [-0.4, -0.2) is 0 Å². The van der Waals surface area contributed by atoms with Crippen LogP contribution in [0.4, 0.5) is 10.1 Å². The molecule has 4 heteroatoms. The first kappa shape index (κ1) is 13.4. The van der Waals surface area contributed by atoms with Gasteiger partial charge >= 0.3 is 0 Å². The highest BCUT2D eigenvalue weighted by molar-refractivity contribution is 6.31. The number of hydrogen-bond donors (Lipinski definition) is 1. The fourth-order valence-corrected chi connectivity index (χ4v) is 1.95. The molecule has 0 bridgehead atoms. The van der Waals surface area contributed by atoms with Crippen LogP contribution in [0.3, 0.4) is 0 Å². The summed E-state index contributed by atoms with van der Waals surface area (Å²) in [6.45, 7) is 2.55. The van der Waals surface area contributed by atoms with E-state index >= 15 is 0 Å². The second-order valence-corrected chi connectivity index (χ2v) is 4.64. The number of halogens is 2. The molecule has 0 aromatic heterocycles. The first-order valence-corrected chi connectivity index (χ1v) is 6.16. The first-order chi connectivity index (χ1) is 9.10. The molecular weight excluding hydrogens is 263 g/mol. The van der Waals surface area contributed by atoms with Gasteiger partial charge in [-0.25, -0.2) is 4.39 Å². The van der Waals surface area contributed by atoms with Gasteiger partial charge in [-0.2, -0.15) is 5.26 Å². The van der Waals surface area contributed by atoms with Gasteiger partial charge < -0.3 is 5.32 Å². The van der Waals surface area contributed by atoms with Gasteiger partial charge in [-0.05, 0) is 48.4 Å². The van der Waals surface area contributed by atoms with Crippen LogP contribution < -0.4 is 5.32 Å². The van der Waals surface area contributed by atoms with Crippen molar-refractivity contribution in [2.75, 3.05) is 5.32 Å². The van der Waals surface area contributed by atoms with Crippen LogP contribution in [-0.2, 0) is 6.54 Å². The van der Waals surface area contributed by atoms with E-state index in [2.05, 4.69) is 11.4 Å². The summed E-state index contributed by atoms with van der Waals surface area (Å²) < 4.78 is 13.0. The van der Waals surface area contributed by atoms with Crippen molar-refractivity contribution in [1.29, 1.82) is 5.26 Å². The number of anilines is 1. The standard InChI is InChI=1S/C15H12ClFN2/c1-10-6-11(8-18)2-3-12(10)9-19-13-4-5-15(17)14(16)7-13/h2-7,19H,9H2,1H3. The molecule has 1 N–H and O–H groups in total. The minimum atomic E-state index is -0.429. The Balaban J connectivity index is 2.10. The highest BCUT2D eigenvalue weighted by Gasteiger charge is 2.03. The van der Waals surface area contributed by atoms with Crippen molar-refractivity contribution in [3.05, 3.63) is 63.9 Å². The van der Waals surface area contributed by atoms with Crippen molar-refractivity contribution in [3.63, 3.8) is 0 Å². The lowest BCUT2D eigenvalue weighted by Crippen LogP contribution is -2.01. The average Bonchev–Trinajstić information content (AvgIpc) is 2.41. The van der Waals surface area contributed by atoms with Crippen LogP contribution in [0.5, 0.6) is 0 Å². The fraction of sp³-hybridized carbons (Fsp3) is 0.133. The van der Waals surface area contributed by atoms with E-state index in [-0.39, 0.29) is 5.02 Å². The zero-order chi connectivity index (χ0) is 13.8. The molecule has 0 heterocycles. The summed E-state index contributed by atoms with van der Waals surface area (Å²) in [6.07, 6.45) is 0. The van der Waals surface area contributed by atoms with Gasteiger partial charge in [0.05, 0.1) is 16.7 Å². The van der Waals surface area contributed by atoms with Crippen LogP contribution in [0.2, 0.25) is 5.02 Å². The van der Waals surface area contributed by atoms with E-state index in [0.29, 0.717) is 12.1 Å². The number of nitrogens with one attached hydrogen (secondary N) is 1. The molecule has 2 nitrogen and oxygen atoms in total. The zero-order valence-electron chi connectivity index (χ0n) is 10.4. The molecular formula is C15H12ClFN2. The number of nitrogens with zero attached hydrogens (tertiary/aromatic N) is 1. The maximum Gasteiger partial charge on any atom is 0.141 e. The van der Waals surface area contributed by atoms with Crippen molar-refractivity contribution in [2.24, 2.45) is 0 Å². The quantitative estimate of drug-likeness (QED) is 0.907. The summed E-state index contributed by atoms with van der Waals surface area (Å²) in [5, 5.41) is 12.1. The smallest absolute Gasteiger partial charge is 0.141 e. The third-order valence-corrected chi connectivity index (χ3v) is 3.16. The Hall–Kier alpha value is -2.05. The molecule has 19 heavy (non-hydrogen) atoms. The van der Waals surface area contributed by atoms with Crippen molar-refractivity contribution < 1.29 is 4.39 Å². The Morgan fingerprint density at radius 3 is 2.68 bits per heavy atom. The SMILES string of the molecule is Cc1cc(C#N)ccc1CNc1ccc(F)c(Cl)c1. The second kappa shape index (κ2) is 5.73. The summed E-state index contributed by atoms with van der Waals surface area (Å²) >= 11 is 5.72. The van der Waals surface area contributed by atoms with Crippen LogP contribution in [0.1, 0.15) is 16.7 Å². The molecule has 0 saturated heterocycles. The van der Waals surface area contributed by atoms with Crippen LogP contribution in [0.25, 0.3) is 0 Å². The van der Waals surface area contributed by atoms with E-state index in [9.17, 15) is 4.39 Å². The molecule has 0 spiro atoms. The van der Waals surface area contributed by atoms with Crippen LogP contribution in [0, 0.1) is 24.1 Å². The lowest BCUT2D eigenvalue weighted by atomic mass is 10.1. The van der Waals surface area contributed by atoms with E-state index in [1.54, 1.807) is 18.2 Å². The average molecular weight is 275 g/mol.